The molecule has 86 valence electrons. The lowest BCUT2D eigenvalue weighted by atomic mass is 10.3. The average molecular weight is 342 g/mol. The Balaban J connectivity index is 2.36. The van der Waals surface area contributed by atoms with Gasteiger partial charge in [-0.1, -0.05) is 6.07 Å². The summed E-state index contributed by atoms with van der Waals surface area (Å²) in [6, 6.07) is 9.90. The number of hydrogen-bond acceptors (Lipinski definition) is 4. The first-order valence-electron chi connectivity index (χ1n) is 4.69. The van der Waals surface area contributed by atoms with E-state index >= 15 is 0 Å². The van der Waals surface area contributed by atoms with Crippen LogP contribution in [-0.4, -0.2) is 9.91 Å². The number of rotatable bonds is 3. The van der Waals surface area contributed by atoms with Crippen molar-refractivity contribution in [1.82, 2.24) is 4.98 Å². The van der Waals surface area contributed by atoms with Gasteiger partial charge in [-0.05, 0) is 40.8 Å². The van der Waals surface area contributed by atoms with Gasteiger partial charge in [0, 0.05) is 21.9 Å². The number of nitrogens with zero attached hydrogens (tertiary/aromatic N) is 2. The van der Waals surface area contributed by atoms with Crippen molar-refractivity contribution in [3.05, 3.63) is 56.3 Å². The number of aromatic nitrogens is 1. The maximum atomic E-state index is 10.9. The Labute approximate surface area is 111 Å². The van der Waals surface area contributed by atoms with E-state index in [0.717, 1.165) is 3.57 Å². The summed E-state index contributed by atoms with van der Waals surface area (Å²) in [5.74, 6) is 0.519. The lowest BCUT2D eigenvalue weighted by molar-refractivity contribution is -0.385. The number of ether oxygens (including phenoxy) is 1. The SMILES string of the molecule is O=[N+]([O-])c1cc(I)ccc1Oc1ccccn1. The third-order valence-corrected chi connectivity index (χ3v) is 2.64. The highest BCUT2D eigenvalue weighted by Crippen LogP contribution is 2.31. The highest BCUT2D eigenvalue weighted by molar-refractivity contribution is 14.1. The molecule has 6 heteroatoms. The van der Waals surface area contributed by atoms with Gasteiger partial charge in [-0.15, -0.1) is 0 Å². The molecular formula is C11H7IN2O3. The van der Waals surface area contributed by atoms with Gasteiger partial charge in [0.05, 0.1) is 4.92 Å². The van der Waals surface area contributed by atoms with E-state index in [1.165, 1.54) is 6.07 Å². The number of benzene rings is 1. The first kappa shape index (κ1) is 11.8. The molecule has 1 aromatic heterocycles. The molecule has 0 unspecified atom stereocenters. The van der Waals surface area contributed by atoms with Crippen LogP contribution in [0, 0.1) is 13.7 Å². The van der Waals surface area contributed by atoms with Gasteiger partial charge >= 0.3 is 5.69 Å². The van der Waals surface area contributed by atoms with Crippen LogP contribution in [0.15, 0.2) is 42.6 Å². The molecule has 0 saturated heterocycles. The molecule has 0 aliphatic rings. The summed E-state index contributed by atoms with van der Waals surface area (Å²) < 4.78 is 6.15. The van der Waals surface area contributed by atoms with Crippen LogP contribution < -0.4 is 4.74 Å². The van der Waals surface area contributed by atoms with Crippen LogP contribution in [0.2, 0.25) is 0 Å². The molecule has 1 aromatic carbocycles. The predicted octanol–water partition coefficient (Wildman–Crippen LogP) is 3.39. The van der Waals surface area contributed by atoms with Gasteiger partial charge in [-0.2, -0.15) is 0 Å². The molecule has 0 aliphatic heterocycles. The molecule has 0 fully saturated rings. The molecule has 0 radical (unpaired) electrons. The monoisotopic (exact) mass is 342 g/mol. The minimum absolute atomic E-state index is 0.0671. The minimum atomic E-state index is -0.472. The zero-order valence-corrected chi connectivity index (χ0v) is 10.7. The van der Waals surface area contributed by atoms with Gasteiger partial charge in [-0.3, -0.25) is 10.1 Å². The van der Waals surface area contributed by atoms with Crippen LogP contribution >= 0.6 is 22.6 Å². The molecule has 0 spiro atoms. The standard InChI is InChI=1S/C11H7IN2O3/c12-8-4-5-10(9(7-8)14(15)16)17-11-3-1-2-6-13-11/h1-7H. The number of pyridine rings is 1. The summed E-state index contributed by atoms with van der Waals surface area (Å²) in [5, 5.41) is 10.9. The summed E-state index contributed by atoms with van der Waals surface area (Å²) in [5.41, 5.74) is -0.0671. The van der Waals surface area contributed by atoms with Crippen molar-refractivity contribution in [1.29, 1.82) is 0 Å². The van der Waals surface area contributed by atoms with Crippen molar-refractivity contribution in [3.63, 3.8) is 0 Å². The quantitative estimate of drug-likeness (QED) is 0.487. The Morgan fingerprint density at radius 2 is 2.12 bits per heavy atom. The Kier molecular flexibility index (Phi) is 3.52. The number of hydrogen-bond donors (Lipinski definition) is 0. The average Bonchev–Trinajstić information content (AvgIpc) is 2.32. The third kappa shape index (κ3) is 2.90. The molecule has 5 nitrogen and oxygen atoms in total. The molecule has 0 N–H and O–H groups in total. The molecule has 1 heterocycles. The second kappa shape index (κ2) is 5.09. The third-order valence-electron chi connectivity index (χ3n) is 1.97. The Morgan fingerprint density at radius 3 is 2.76 bits per heavy atom. The molecular weight excluding hydrogens is 335 g/mol. The number of halogens is 1. The van der Waals surface area contributed by atoms with Crippen LogP contribution in [0.5, 0.6) is 11.6 Å². The van der Waals surface area contributed by atoms with Crippen LogP contribution in [0.25, 0.3) is 0 Å². The normalized spacial score (nSPS) is 9.94. The van der Waals surface area contributed by atoms with Crippen molar-refractivity contribution in [2.75, 3.05) is 0 Å². The smallest absolute Gasteiger partial charge is 0.312 e. The highest BCUT2D eigenvalue weighted by Gasteiger charge is 2.16. The fourth-order valence-corrected chi connectivity index (χ4v) is 1.71. The second-order valence-corrected chi connectivity index (χ2v) is 4.38. The first-order chi connectivity index (χ1) is 8.16. The lowest BCUT2D eigenvalue weighted by Gasteiger charge is -2.04. The maximum absolute atomic E-state index is 10.9. The highest BCUT2D eigenvalue weighted by atomic mass is 127. The van der Waals surface area contributed by atoms with Crippen molar-refractivity contribution in [2.45, 2.75) is 0 Å². The lowest BCUT2D eigenvalue weighted by Crippen LogP contribution is -1.94. The van der Waals surface area contributed by atoms with Crippen molar-refractivity contribution in [3.8, 4) is 11.6 Å². The molecule has 0 amide bonds. The van der Waals surface area contributed by atoms with Crippen LogP contribution in [0.3, 0.4) is 0 Å². The van der Waals surface area contributed by atoms with E-state index in [1.54, 1.807) is 36.5 Å². The fraction of sp³-hybridized carbons (Fsp3) is 0. The first-order valence-corrected chi connectivity index (χ1v) is 5.77. The van der Waals surface area contributed by atoms with Crippen LogP contribution in [0.4, 0.5) is 5.69 Å². The summed E-state index contributed by atoms with van der Waals surface area (Å²) in [6.07, 6.45) is 1.56. The Bertz CT molecular complexity index is 546. The van der Waals surface area contributed by atoms with Gasteiger partial charge in [0.2, 0.25) is 11.6 Å². The summed E-state index contributed by atoms with van der Waals surface area (Å²) in [4.78, 5) is 14.3. The second-order valence-electron chi connectivity index (χ2n) is 3.14. The summed E-state index contributed by atoms with van der Waals surface area (Å²) in [6.45, 7) is 0. The van der Waals surface area contributed by atoms with Gasteiger partial charge in [0.25, 0.3) is 0 Å². The van der Waals surface area contributed by atoms with E-state index in [1.807, 2.05) is 22.6 Å². The van der Waals surface area contributed by atoms with Gasteiger partial charge in [0.15, 0.2) is 0 Å². The fourth-order valence-electron chi connectivity index (χ4n) is 1.24. The Morgan fingerprint density at radius 1 is 1.29 bits per heavy atom. The van der Waals surface area contributed by atoms with Gasteiger partial charge in [0.1, 0.15) is 0 Å². The van der Waals surface area contributed by atoms with Gasteiger partial charge < -0.3 is 4.74 Å². The van der Waals surface area contributed by atoms with Crippen molar-refractivity contribution >= 4 is 28.3 Å². The molecule has 2 rings (SSSR count). The summed E-state index contributed by atoms with van der Waals surface area (Å²) >= 11 is 2.01. The summed E-state index contributed by atoms with van der Waals surface area (Å²) in [7, 11) is 0. The van der Waals surface area contributed by atoms with E-state index in [9.17, 15) is 10.1 Å². The topological polar surface area (TPSA) is 65.3 Å². The molecule has 0 saturated carbocycles. The van der Waals surface area contributed by atoms with Crippen LogP contribution in [0.1, 0.15) is 0 Å². The largest absolute Gasteiger partial charge is 0.432 e. The molecule has 0 aliphatic carbocycles. The molecule has 0 bridgehead atoms. The predicted molar refractivity (Wildman–Crippen MR) is 70.1 cm³/mol. The van der Waals surface area contributed by atoms with E-state index in [-0.39, 0.29) is 11.4 Å². The number of nitro benzene ring substituents is 1. The minimum Gasteiger partial charge on any atom is -0.432 e. The van der Waals surface area contributed by atoms with Crippen LogP contribution in [-0.2, 0) is 0 Å². The van der Waals surface area contributed by atoms with E-state index in [2.05, 4.69) is 4.98 Å². The van der Waals surface area contributed by atoms with Crippen molar-refractivity contribution < 1.29 is 9.66 Å². The zero-order chi connectivity index (χ0) is 12.3. The van der Waals surface area contributed by atoms with Crippen molar-refractivity contribution in [2.24, 2.45) is 0 Å². The number of nitro groups is 1. The Hall–Kier alpha value is -1.70. The molecule has 0 atom stereocenters. The van der Waals surface area contributed by atoms with Gasteiger partial charge in [-0.25, -0.2) is 4.98 Å². The van der Waals surface area contributed by atoms with E-state index in [0.29, 0.717) is 5.88 Å². The maximum Gasteiger partial charge on any atom is 0.312 e. The zero-order valence-electron chi connectivity index (χ0n) is 8.54. The molecule has 2 aromatic rings. The molecule has 17 heavy (non-hydrogen) atoms. The van der Waals surface area contributed by atoms with E-state index in [4.69, 9.17) is 4.74 Å². The van der Waals surface area contributed by atoms with E-state index < -0.39 is 4.92 Å².